The second-order valence-corrected chi connectivity index (χ2v) is 6.36. The molecule has 0 saturated carbocycles. The molecule has 2 nitrogen and oxygen atoms in total. The summed E-state index contributed by atoms with van der Waals surface area (Å²) in [6.45, 7) is 17.5. The van der Waals surface area contributed by atoms with Crippen LogP contribution in [0.25, 0.3) is 0 Å². The molecule has 108 valence electrons. The molecule has 0 aromatic carbocycles. The van der Waals surface area contributed by atoms with Gasteiger partial charge in [0.2, 0.25) is 0 Å². The molecule has 0 aliphatic rings. The summed E-state index contributed by atoms with van der Waals surface area (Å²) in [7, 11) is 0. The predicted octanol–water partition coefficient (Wildman–Crippen LogP) is 4.08. The quantitative estimate of drug-likeness (QED) is 0.543. The molecule has 0 aliphatic carbocycles. The van der Waals surface area contributed by atoms with E-state index < -0.39 is 0 Å². The maximum absolute atomic E-state index is 3.96. The van der Waals surface area contributed by atoms with Crippen molar-refractivity contribution in [2.75, 3.05) is 13.1 Å². The van der Waals surface area contributed by atoms with Gasteiger partial charge in [-0.3, -0.25) is 0 Å². The minimum Gasteiger partial charge on any atom is -0.389 e. The predicted molar refractivity (Wildman–Crippen MR) is 82.8 cm³/mol. The Labute approximate surface area is 115 Å². The number of hydrogen-bond donors (Lipinski definition) is 2. The van der Waals surface area contributed by atoms with Crippen LogP contribution < -0.4 is 10.6 Å². The summed E-state index contributed by atoms with van der Waals surface area (Å²) < 4.78 is 0. The molecule has 0 aliphatic heterocycles. The lowest BCUT2D eigenvalue weighted by molar-refractivity contribution is 0.287. The monoisotopic (exact) mass is 254 g/mol. The normalized spacial score (nSPS) is 11.9. The lowest BCUT2D eigenvalue weighted by Crippen LogP contribution is -2.25. The first-order valence-corrected chi connectivity index (χ1v) is 7.52. The summed E-state index contributed by atoms with van der Waals surface area (Å²) in [5.41, 5.74) is 1.63. The Morgan fingerprint density at radius 2 is 1.67 bits per heavy atom. The number of nitrogens with one attached hydrogen (secondary N) is 2. The van der Waals surface area contributed by atoms with Crippen LogP contribution in [-0.4, -0.2) is 19.1 Å². The molecule has 2 heteroatoms. The molecule has 2 N–H and O–H groups in total. The molecule has 0 radical (unpaired) electrons. The molecule has 0 rings (SSSR count). The van der Waals surface area contributed by atoms with Crippen LogP contribution in [0.1, 0.15) is 66.7 Å². The highest BCUT2D eigenvalue weighted by Gasteiger charge is 2.16. The Balaban J connectivity index is 3.57. The van der Waals surface area contributed by atoms with Gasteiger partial charge in [0.15, 0.2) is 0 Å². The van der Waals surface area contributed by atoms with Gasteiger partial charge in [-0.25, -0.2) is 0 Å². The molecular weight excluding hydrogens is 220 g/mol. The van der Waals surface area contributed by atoms with Crippen LogP contribution in [0.2, 0.25) is 0 Å². The average molecular weight is 254 g/mol. The minimum atomic E-state index is 0.466. The molecule has 0 saturated heterocycles. The lowest BCUT2D eigenvalue weighted by atomic mass is 9.83. The van der Waals surface area contributed by atoms with Gasteiger partial charge < -0.3 is 10.6 Å². The number of allylic oxidation sites excluding steroid dienone is 1. The summed E-state index contributed by atoms with van der Waals surface area (Å²) in [6, 6.07) is 0.609. The third kappa shape index (κ3) is 10.6. The van der Waals surface area contributed by atoms with Gasteiger partial charge in [0.1, 0.15) is 0 Å². The van der Waals surface area contributed by atoms with E-state index in [4.69, 9.17) is 0 Å². The van der Waals surface area contributed by atoms with Gasteiger partial charge in [-0.05, 0) is 44.1 Å². The Morgan fingerprint density at radius 1 is 1.11 bits per heavy atom. The molecule has 0 unspecified atom stereocenters. The summed E-state index contributed by atoms with van der Waals surface area (Å²) in [4.78, 5) is 0. The van der Waals surface area contributed by atoms with Gasteiger partial charge in [0, 0.05) is 18.3 Å². The highest BCUT2D eigenvalue weighted by molar-refractivity contribution is 4.88. The molecule has 0 amide bonds. The van der Waals surface area contributed by atoms with Crippen LogP contribution in [0.3, 0.4) is 0 Å². The molecule has 0 heterocycles. The summed E-state index contributed by atoms with van der Waals surface area (Å²) in [5, 5.41) is 6.86. The fourth-order valence-electron chi connectivity index (χ4n) is 2.04. The van der Waals surface area contributed by atoms with Gasteiger partial charge in [-0.2, -0.15) is 0 Å². The topological polar surface area (TPSA) is 24.1 Å². The van der Waals surface area contributed by atoms with E-state index in [0.29, 0.717) is 11.5 Å². The van der Waals surface area contributed by atoms with Crippen molar-refractivity contribution in [3.63, 3.8) is 0 Å². The summed E-state index contributed by atoms with van der Waals surface area (Å²) in [6.07, 6.45) is 6.15. The molecule has 18 heavy (non-hydrogen) atoms. The third-order valence-corrected chi connectivity index (χ3v) is 3.42. The Morgan fingerprint density at radius 3 is 2.17 bits per heavy atom. The van der Waals surface area contributed by atoms with Crippen LogP contribution in [0, 0.1) is 5.41 Å². The highest BCUT2D eigenvalue weighted by atomic mass is 14.9. The van der Waals surface area contributed by atoms with Crippen molar-refractivity contribution in [3.8, 4) is 0 Å². The Kier molecular flexibility index (Phi) is 9.17. The second kappa shape index (κ2) is 9.43. The smallest absolute Gasteiger partial charge is 0.0143 e. The van der Waals surface area contributed by atoms with E-state index in [9.17, 15) is 0 Å². The first kappa shape index (κ1) is 17.5. The fourth-order valence-corrected chi connectivity index (χ4v) is 2.04. The zero-order valence-corrected chi connectivity index (χ0v) is 13.2. The van der Waals surface area contributed by atoms with E-state index in [1.54, 1.807) is 0 Å². The largest absolute Gasteiger partial charge is 0.389 e. The van der Waals surface area contributed by atoms with E-state index in [2.05, 4.69) is 51.8 Å². The van der Waals surface area contributed by atoms with Gasteiger partial charge >= 0.3 is 0 Å². The third-order valence-electron chi connectivity index (χ3n) is 3.42. The molecular formula is C16H34N2. The standard InChI is InChI=1S/C16H34N2/c1-7-15(4)18-13-9-11-16(5,6)10-8-12-17-14(2)3/h14,17-18H,4,7-13H2,1-3,5-6H3. The average Bonchev–Trinajstić information content (AvgIpc) is 2.30. The summed E-state index contributed by atoms with van der Waals surface area (Å²) in [5.74, 6) is 0. The van der Waals surface area contributed by atoms with E-state index in [0.717, 1.165) is 25.2 Å². The van der Waals surface area contributed by atoms with E-state index in [1.165, 1.54) is 25.7 Å². The zero-order chi connectivity index (χ0) is 14.0. The first-order chi connectivity index (χ1) is 8.37. The molecule has 0 aromatic heterocycles. The van der Waals surface area contributed by atoms with E-state index >= 15 is 0 Å². The molecule has 0 fully saturated rings. The fraction of sp³-hybridized carbons (Fsp3) is 0.875. The van der Waals surface area contributed by atoms with Crippen LogP contribution in [-0.2, 0) is 0 Å². The van der Waals surface area contributed by atoms with Crippen molar-refractivity contribution in [2.24, 2.45) is 5.41 Å². The Bertz CT molecular complexity index is 219. The van der Waals surface area contributed by atoms with Gasteiger partial charge in [0.05, 0.1) is 0 Å². The zero-order valence-electron chi connectivity index (χ0n) is 13.2. The van der Waals surface area contributed by atoms with Crippen molar-refractivity contribution < 1.29 is 0 Å². The number of rotatable bonds is 11. The van der Waals surface area contributed by atoms with Crippen LogP contribution in [0.5, 0.6) is 0 Å². The van der Waals surface area contributed by atoms with E-state index in [1.807, 2.05) is 0 Å². The SMILES string of the molecule is C=C(CC)NCCCC(C)(C)CCCNC(C)C. The maximum atomic E-state index is 3.96. The molecule has 0 spiro atoms. The van der Waals surface area contributed by atoms with Crippen molar-refractivity contribution in [1.82, 2.24) is 10.6 Å². The molecule has 0 bridgehead atoms. The van der Waals surface area contributed by atoms with Crippen molar-refractivity contribution in [1.29, 1.82) is 0 Å². The van der Waals surface area contributed by atoms with Crippen molar-refractivity contribution in [2.45, 2.75) is 72.8 Å². The molecule has 0 aromatic rings. The van der Waals surface area contributed by atoms with Gasteiger partial charge in [-0.15, -0.1) is 0 Å². The van der Waals surface area contributed by atoms with Gasteiger partial charge in [0.25, 0.3) is 0 Å². The second-order valence-electron chi connectivity index (χ2n) is 6.36. The number of hydrogen-bond acceptors (Lipinski definition) is 2. The minimum absolute atomic E-state index is 0.466. The van der Waals surface area contributed by atoms with E-state index in [-0.39, 0.29) is 0 Å². The van der Waals surface area contributed by atoms with Gasteiger partial charge in [-0.1, -0.05) is 41.2 Å². The highest BCUT2D eigenvalue weighted by Crippen LogP contribution is 2.27. The van der Waals surface area contributed by atoms with Crippen LogP contribution in [0.15, 0.2) is 12.3 Å². The Hall–Kier alpha value is -0.500. The van der Waals surface area contributed by atoms with Crippen molar-refractivity contribution in [3.05, 3.63) is 12.3 Å². The molecule has 0 atom stereocenters. The van der Waals surface area contributed by atoms with Crippen molar-refractivity contribution >= 4 is 0 Å². The summed E-state index contributed by atoms with van der Waals surface area (Å²) >= 11 is 0. The van der Waals surface area contributed by atoms with Crippen LogP contribution in [0.4, 0.5) is 0 Å². The lowest BCUT2D eigenvalue weighted by Gasteiger charge is -2.25. The first-order valence-electron chi connectivity index (χ1n) is 7.52. The maximum Gasteiger partial charge on any atom is 0.0143 e. The van der Waals surface area contributed by atoms with Crippen LogP contribution >= 0.6 is 0 Å².